The van der Waals surface area contributed by atoms with E-state index in [0.29, 0.717) is 5.92 Å². The average Bonchev–Trinajstić information content (AvgIpc) is 2.48. The van der Waals surface area contributed by atoms with Crippen LogP contribution in [0.4, 0.5) is 0 Å². The maximum absolute atomic E-state index is 6.05. The van der Waals surface area contributed by atoms with Crippen molar-refractivity contribution in [3.63, 3.8) is 0 Å². The van der Waals surface area contributed by atoms with Gasteiger partial charge in [-0.1, -0.05) is 6.42 Å². The van der Waals surface area contributed by atoms with E-state index in [9.17, 15) is 0 Å². The molecule has 0 aromatic heterocycles. The molecule has 0 aromatic carbocycles. The molecule has 5 heteroatoms. The molecule has 0 bridgehead atoms. The Bertz CT molecular complexity index is 254. The molecule has 1 heterocycles. The van der Waals surface area contributed by atoms with Gasteiger partial charge in [-0.05, 0) is 31.7 Å². The molecule has 0 amide bonds. The molecule has 2 aliphatic rings. The molecule has 0 aromatic rings. The average molecular weight is 269 g/mol. The maximum Gasteiger partial charge on any atom is 0.0307 e. The minimum Gasteiger partial charge on any atom is -0.330 e. The molecule has 5 nitrogen and oxygen atoms in total. The molecule has 0 spiro atoms. The van der Waals surface area contributed by atoms with E-state index in [4.69, 9.17) is 11.5 Å². The molecule has 0 radical (unpaired) electrons. The first-order valence-electron chi connectivity index (χ1n) is 7.86. The van der Waals surface area contributed by atoms with Crippen LogP contribution in [0.5, 0.6) is 0 Å². The number of nitrogens with zero attached hydrogens (tertiary/aromatic N) is 1. The van der Waals surface area contributed by atoms with Crippen molar-refractivity contribution in [2.24, 2.45) is 17.4 Å². The highest BCUT2D eigenvalue weighted by Crippen LogP contribution is 2.31. The first-order chi connectivity index (χ1) is 9.28. The molecule has 2 unspecified atom stereocenters. The normalized spacial score (nSPS) is 33.5. The van der Waals surface area contributed by atoms with Gasteiger partial charge in [0.15, 0.2) is 0 Å². The molecule has 2 fully saturated rings. The zero-order valence-electron chi connectivity index (χ0n) is 12.2. The Labute approximate surface area is 117 Å². The van der Waals surface area contributed by atoms with Crippen molar-refractivity contribution >= 4 is 0 Å². The third kappa shape index (κ3) is 4.39. The molecule has 19 heavy (non-hydrogen) atoms. The van der Waals surface area contributed by atoms with Gasteiger partial charge >= 0.3 is 0 Å². The fourth-order valence-corrected chi connectivity index (χ4v) is 3.52. The summed E-state index contributed by atoms with van der Waals surface area (Å²) in [6.07, 6.45) is 4.90. The van der Waals surface area contributed by atoms with Crippen LogP contribution in [0.15, 0.2) is 0 Å². The van der Waals surface area contributed by atoms with Gasteiger partial charge in [0.25, 0.3) is 0 Å². The molecule has 1 aliphatic carbocycles. The second-order valence-corrected chi connectivity index (χ2v) is 6.20. The molecule has 1 aliphatic heterocycles. The molecule has 6 N–H and O–H groups in total. The molecule has 1 saturated carbocycles. The zero-order chi connectivity index (χ0) is 13.6. The van der Waals surface area contributed by atoms with Gasteiger partial charge in [-0.3, -0.25) is 4.90 Å². The number of rotatable bonds is 6. The molecular formula is C14H31N5. The van der Waals surface area contributed by atoms with Gasteiger partial charge < -0.3 is 22.1 Å². The minimum absolute atomic E-state index is 0.149. The lowest BCUT2D eigenvalue weighted by molar-refractivity contribution is 0.172. The van der Waals surface area contributed by atoms with Crippen molar-refractivity contribution in [2.45, 2.75) is 31.2 Å². The minimum atomic E-state index is 0.149. The number of hydrogen-bond acceptors (Lipinski definition) is 5. The first kappa shape index (κ1) is 15.2. The molecular weight excluding hydrogens is 238 g/mol. The summed E-state index contributed by atoms with van der Waals surface area (Å²) in [5.74, 6) is 0.656. The second-order valence-electron chi connectivity index (χ2n) is 6.20. The topological polar surface area (TPSA) is 79.3 Å². The third-order valence-corrected chi connectivity index (χ3v) is 4.81. The van der Waals surface area contributed by atoms with E-state index in [1.54, 1.807) is 0 Å². The fraction of sp³-hybridized carbons (Fsp3) is 1.00. The van der Waals surface area contributed by atoms with E-state index in [2.05, 4.69) is 15.5 Å². The number of nitrogens with one attached hydrogen (secondary N) is 2. The van der Waals surface area contributed by atoms with E-state index in [1.165, 1.54) is 32.4 Å². The highest BCUT2D eigenvalue weighted by atomic mass is 15.2. The van der Waals surface area contributed by atoms with E-state index in [1.807, 2.05) is 0 Å². The molecule has 112 valence electrons. The van der Waals surface area contributed by atoms with Gasteiger partial charge in [-0.15, -0.1) is 0 Å². The summed E-state index contributed by atoms with van der Waals surface area (Å²) < 4.78 is 0. The number of hydrogen-bond donors (Lipinski definition) is 4. The summed E-state index contributed by atoms with van der Waals surface area (Å²) in [6, 6.07) is 0. The highest BCUT2D eigenvalue weighted by Gasteiger charge is 2.34. The largest absolute Gasteiger partial charge is 0.330 e. The lowest BCUT2D eigenvalue weighted by Gasteiger charge is -2.41. The Balaban J connectivity index is 1.74. The van der Waals surface area contributed by atoms with Crippen LogP contribution in [-0.4, -0.2) is 62.8 Å². The van der Waals surface area contributed by atoms with Crippen molar-refractivity contribution in [1.29, 1.82) is 0 Å². The van der Waals surface area contributed by atoms with Gasteiger partial charge in [-0.2, -0.15) is 0 Å². The summed E-state index contributed by atoms with van der Waals surface area (Å²) in [7, 11) is 0. The Hall–Kier alpha value is -0.200. The van der Waals surface area contributed by atoms with Crippen molar-refractivity contribution in [3.8, 4) is 0 Å². The van der Waals surface area contributed by atoms with E-state index < -0.39 is 0 Å². The van der Waals surface area contributed by atoms with Gasteiger partial charge in [-0.25, -0.2) is 0 Å². The van der Waals surface area contributed by atoms with Crippen LogP contribution < -0.4 is 22.1 Å². The number of piperazine rings is 1. The molecule has 1 saturated heterocycles. The van der Waals surface area contributed by atoms with Crippen LogP contribution in [0.1, 0.15) is 25.7 Å². The van der Waals surface area contributed by atoms with Crippen molar-refractivity contribution in [1.82, 2.24) is 15.5 Å². The van der Waals surface area contributed by atoms with Crippen LogP contribution in [0.3, 0.4) is 0 Å². The monoisotopic (exact) mass is 269 g/mol. The maximum atomic E-state index is 6.05. The van der Waals surface area contributed by atoms with Crippen molar-refractivity contribution in [2.75, 3.05) is 52.4 Å². The lowest BCUT2D eigenvalue weighted by atomic mass is 9.75. The van der Waals surface area contributed by atoms with E-state index in [0.717, 1.165) is 45.7 Å². The van der Waals surface area contributed by atoms with Gasteiger partial charge in [0.05, 0.1) is 0 Å². The lowest BCUT2D eigenvalue weighted by Crippen LogP contribution is -2.56. The number of nitrogens with two attached hydrogens (primary N) is 2. The van der Waals surface area contributed by atoms with Crippen LogP contribution >= 0.6 is 0 Å². The summed E-state index contributed by atoms with van der Waals surface area (Å²) >= 11 is 0. The Morgan fingerprint density at radius 3 is 2.74 bits per heavy atom. The summed E-state index contributed by atoms with van der Waals surface area (Å²) in [5, 5.41) is 7.14. The smallest absolute Gasteiger partial charge is 0.0307 e. The summed E-state index contributed by atoms with van der Waals surface area (Å²) in [6.45, 7) is 8.32. The summed E-state index contributed by atoms with van der Waals surface area (Å²) in [5.41, 5.74) is 12.0. The van der Waals surface area contributed by atoms with E-state index >= 15 is 0 Å². The Morgan fingerprint density at radius 2 is 2.05 bits per heavy atom. The van der Waals surface area contributed by atoms with Crippen LogP contribution in [0, 0.1) is 5.92 Å². The standard InChI is InChI=1S/C14H31N5/c15-11-13-2-1-3-14(10-13,12-16)18-6-9-19-7-4-17-5-8-19/h13,17-18H,1-12,15-16H2. The quantitative estimate of drug-likeness (QED) is 0.514. The highest BCUT2D eigenvalue weighted by molar-refractivity contribution is 4.95. The third-order valence-electron chi connectivity index (χ3n) is 4.81. The summed E-state index contributed by atoms with van der Waals surface area (Å²) in [4.78, 5) is 2.52. The second kappa shape index (κ2) is 7.55. The predicted molar refractivity (Wildman–Crippen MR) is 80.1 cm³/mol. The van der Waals surface area contributed by atoms with Gasteiger partial charge in [0.2, 0.25) is 0 Å². The van der Waals surface area contributed by atoms with Crippen molar-refractivity contribution in [3.05, 3.63) is 0 Å². The molecule has 2 atom stereocenters. The zero-order valence-corrected chi connectivity index (χ0v) is 12.2. The van der Waals surface area contributed by atoms with Crippen LogP contribution in [-0.2, 0) is 0 Å². The Morgan fingerprint density at radius 1 is 1.26 bits per heavy atom. The SMILES string of the molecule is NCC1CCCC(CN)(NCCN2CCNCC2)C1. The van der Waals surface area contributed by atoms with Gasteiger partial charge in [0, 0.05) is 51.4 Å². The predicted octanol–water partition coefficient (Wildman–Crippen LogP) is -0.672. The fourth-order valence-electron chi connectivity index (χ4n) is 3.52. The van der Waals surface area contributed by atoms with E-state index in [-0.39, 0.29) is 5.54 Å². The molecule has 2 rings (SSSR count). The Kier molecular flexibility index (Phi) is 6.04. The van der Waals surface area contributed by atoms with Gasteiger partial charge in [0.1, 0.15) is 0 Å². The van der Waals surface area contributed by atoms with Crippen LogP contribution in [0.25, 0.3) is 0 Å². The first-order valence-corrected chi connectivity index (χ1v) is 7.86. The van der Waals surface area contributed by atoms with Crippen LogP contribution in [0.2, 0.25) is 0 Å². The van der Waals surface area contributed by atoms with Crippen molar-refractivity contribution < 1.29 is 0 Å².